The van der Waals surface area contributed by atoms with Crippen LogP contribution in [0, 0.1) is 5.82 Å². The Morgan fingerprint density at radius 3 is 2.50 bits per heavy atom. The fourth-order valence-corrected chi connectivity index (χ4v) is 4.15. The highest BCUT2D eigenvalue weighted by atomic mass is 19.1. The molecule has 5 rings (SSSR count). The summed E-state index contributed by atoms with van der Waals surface area (Å²) < 4.78 is 19.8. The lowest BCUT2D eigenvalue weighted by Gasteiger charge is -2.29. The summed E-state index contributed by atoms with van der Waals surface area (Å²) in [6.07, 6.45) is 0.774. The molecule has 0 aliphatic carbocycles. The number of nitrogens with zero attached hydrogens (tertiary/aromatic N) is 2. The number of pyridine rings is 1. The summed E-state index contributed by atoms with van der Waals surface area (Å²) in [5.41, 5.74) is 8.13. The van der Waals surface area contributed by atoms with Crippen molar-refractivity contribution in [2.24, 2.45) is 5.73 Å². The molecule has 0 bridgehead atoms. The first kappa shape index (κ1) is 22.9. The second-order valence-corrected chi connectivity index (χ2v) is 8.15. The summed E-state index contributed by atoms with van der Waals surface area (Å²) in [6, 6.07) is 21.4. The fraction of sp³-hybridized carbons (Fsp3) is 0.0741. The number of fused-ring (bicyclic) bond motifs is 1. The standard InChI is InChI=1S/C27H21FN4O4/c28-19-9-6-17(7-10-19)26-31-25-23(20(27(34)35)12-13-30-25)32(26)21-11-8-18(24(29)33)14-22(21)36-15-16-4-2-1-3-5-16/h1-14,26H,15H2,(H2,29,33)(H,30,31)(H,34,35). The molecule has 8 nitrogen and oxygen atoms in total. The third-order valence-electron chi connectivity index (χ3n) is 5.85. The molecule has 1 amide bonds. The van der Waals surface area contributed by atoms with E-state index in [9.17, 15) is 19.1 Å². The predicted octanol–water partition coefficient (Wildman–Crippen LogP) is 4.86. The van der Waals surface area contributed by atoms with Crippen molar-refractivity contribution in [3.63, 3.8) is 0 Å². The maximum Gasteiger partial charge on any atom is 0.338 e. The maximum absolute atomic E-state index is 13.7. The number of nitrogens with two attached hydrogens (primary N) is 1. The van der Waals surface area contributed by atoms with Gasteiger partial charge in [-0.25, -0.2) is 14.2 Å². The Balaban J connectivity index is 1.67. The van der Waals surface area contributed by atoms with E-state index in [2.05, 4.69) is 10.3 Å². The third kappa shape index (κ3) is 4.29. The highest BCUT2D eigenvalue weighted by Crippen LogP contribution is 2.49. The minimum atomic E-state index is -1.14. The SMILES string of the molecule is NC(=O)c1ccc(N2c3c(C(=O)O)ccnc3NC2c2ccc(F)cc2)c(OCc2ccccc2)c1. The van der Waals surface area contributed by atoms with Crippen LogP contribution in [-0.2, 0) is 6.61 Å². The first-order valence-electron chi connectivity index (χ1n) is 11.1. The number of carboxylic acids is 1. The number of aromatic carboxylic acids is 1. The molecule has 0 radical (unpaired) electrons. The number of nitrogens with one attached hydrogen (secondary N) is 1. The lowest BCUT2D eigenvalue weighted by molar-refractivity contribution is 0.0697. The molecule has 3 aromatic carbocycles. The van der Waals surface area contributed by atoms with E-state index in [1.807, 2.05) is 30.3 Å². The van der Waals surface area contributed by atoms with E-state index in [0.717, 1.165) is 5.56 Å². The zero-order valence-corrected chi connectivity index (χ0v) is 18.9. The van der Waals surface area contributed by atoms with Crippen molar-refractivity contribution in [1.82, 2.24) is 4.98 Å². The van der Waals surface area contributed by atoms with E-state index in [0.29, 0.717) is 28.5 Å². The van der Waals surface area contributed by atoms with E-state index in [-0.39, 0.29) is 17.7 Å². The van der Waals surface area contributed by atoms with Crippen LogP contribution in [0.5, 0.6) is 5.75 Å². The van der Waals surface area contributed by atoms with Gasteiger partial charge in [0.15, 0.2) is 5.82 Å². The van der Waals surface area contributed by atoms with Gasteiger partial charge in [0.05, 0.1) is 11.3 Å². The van der Waals surface area contributed by atoms with Crippen molar-refractivity contribution in [2.75, 3.05) is 10.2 Å². The molecular formula is C27H21FN4O4. The number of halogens is 1. The van der Waals surface area contributed by atoms with Crippen LogP contribution in [0.3, 0.4) is 0 Å². The number of rotatable bonds is 7. The number of aromatic nitrogens is 1. The molecule has 1 aromatic heterocycles. The van der Waals surface area contributed by atoms with Crippen LogP contribution in [0.2, 0.25) is 0 Å². The molecule has 0 fully saturated rings. The Kier molecular flexibility index (Phi) is 5.95. The van der Waals surface area contributed by atoms with Gasteiger partial charge in [-0.05, 0) is 47.5 Å². The smallest absolute Gasteiger partial charge is 0.338 e. The summed E-state index contributed by atoms with van der Waals surface area (Å²) >= 11 is 0. The largest absolute Gasteiger partial charge is 0.487 e. The van der Waals surface area contributed by atoms with Crippen LogP contribution in [0.4, 0.5) is 21.6 Å². The normalized spacial score (nSPS) is 14.1. The predicted molar refractivity (Wildman–Crippen MR) is 132 cm³/mol. The van der Waals surface area contributed by atoms with Crippen LogP contribution < -0.4 is 20.7 Å². The molecule has 180 valence electrons. The van der Waals surface area contributed by atoms with E-state index in [4.69, 9.17) is 10.5 Å². The zero-order valence-electron chi connectivity index (χ0n) is 18.9. The average Bonchev–Trinajstić information content (AvgIpc) is 3.27. The van der Waals surface area contributed by atoms with Crippen molar-refractivity contribution >= 4 is 29.1 Å². The monoisotopic (exact) mass is 484 g/mol. The van der Waals surface area contributed by atoms with Crippen LogP contribution in [0.15, 0.2) is 85.1 Å². The summed E-state index contributed by atoms with van der Waals surface area (Å²) in [5.74, 6) is -1.51. The van der Waals surface area contributed by atoms with Crippen molar-refractivity contribution < 1.29 is 23.8 Å². The molecular weight excluding hydrogens is 463 g/mol. The van der Waals surface area contributed by atoms with Gasteiger partial charge in [-0.15, -0.1) is 0 Å². The van der Waals surface area contributed by atoms with Gasteiger partial charge in [0, 0.05) is 11.8 Å². The van der Waals surface area contributed by atoms with Gasteiger partial charge in [-0.3, -0.25) is 4.79 Å². The van der Waals surface area contributed by atoms with E-state index >= 15 is 0 Å². The molecule has 9 heteroatoms. The molecule has 36 heavy (non-hydrogen) atoms. The van der Waals surface area contributed by atoms with Crippen LogP contribution in [0.25, 0.3) is 0 Å². The summed E-state index contributed by atoms with van der Waals surface area (Å²) in [7, 11) is 0. The minimum Gasteiger partial charge on any atom is -0.487 e. The maximum atomic E-state index is 13.7. The van der Waals surface area contributed by atoms with E-state index in [1.165, 1.54) is 30.5 Å². The number of hydrogen-bond donors (Lipinski definition) is 3. The van der Waals surface area contributed by atoms with Gasteiger partial charge in [-0.2, -0.15) is 0 Å². The molecule has 1 aliphatic rings. The number of primary amides is 1. The van der Waals surface area contributed by atoms with Crippen molar-refractivity contribution in [2.45, 2.75) is 12.8 Å². The first-order chi connectivity index (χ1) is 17.4. The van der Waals surface area contributed by atoms with Crippen molar-refractivity contribution in [3.8, 4) is 5.75 Å². The van der Waals surface area contributed by atoms with E-state index < -0.39 is 23.9 Å². The van der Waals surface area contributed by atoms with Gasteiger partial charge < -0.3 is 25.8 Å². The molecule has 0 spiro atoms. The molecule has 0 saturated heterocycles. The Morgan fingerprint density at radius 2 is 1.81 bits per heavy atom. The Labute approximate surface area is 205 Å². The molecule has 4 aromatic rings. The number of amides is 1. The molecule has 1 aliphatic heterocycles. The summed E-state index contributed by atoms with van der Waals surface area (Å²) in [5, 5.41) is 13.2. The topological polar surface area (TPSA) is 118 Å². The number of carboxylic acid groups (broad SMARTS) is 1. The number of carbonyl (C=O) groups is 2. The Hall–Kier alpha value is -4.92. The molecule has 2 heterocycles. The van der Waals surface area contributed by atoms with Gasteiger partial charge in [0.25, 0.3) is 0 Å². The van der Waals surface area contributed by atoms with Crippen molar-refractivity contribution in [1.29, 1.82) is 0 Å². The lowest BCUT2D eigenvalue weighted by atomic mass is 10.1. The summed E-state index contributed by atoms with van der Waals surface area (Å²) in [6.45, 7) is 0.199. The summed E-state index contributed by atoms with van der Waals surface area (Å²) in [4.78, 5) is 30.1. The number of anilines is 3. The number of ether oxygens (including phenoxy) is 1. The lowest BCUT2D eigenvalue weighted by Crippen LogP contribution is -2.25. The number of benzene rings is 3. The molecule has 0 saturated carbocycles. The zero-order chi connectivity index (χ0) is 25.2. The van der Waals surface area contributed by atoms with Crippen LogP contribution in [0.1, 0.15) is 38.0 Å². The fourth-order valence-electron chi connectivity index (χ4n) is 4.15. The Morgan fingerprint density at radius 1 is 1.06 bits per heavy atom. The molecule has 4 N–H and O–H groups in total. The van der Waals surface area contributed by atoms with Gasteiger partial charge in [0.1, 0.15) is 30.0 Å². The van der Waals surface area contributed by atoms with Gasteiger partial charge in [-0.1, -0.05) is 42.5 Å². The van der Waals surface area contributed by atoms with Crippen LogP contribution >= 0.6 is 0 Å². The van der Waals surface area contributed by atoms with Gasteiger partial charge in [0.2, 0.25) is 5.91 Å². The quantitative estimate of drug-likeness (QED) is 0.343. The highest BCUT2D eigenvalue weighted by Gasteiger charge is 2.37. The van der Waals surface area contributed by atoms with Crippen molar-refractivity contribution in [3.05, 3.63) is 113 Å². The number of hydrogen-bond acceptors (Lipinski definition) is 6. The van der Waals surface area contributed by atoms with Crippen LogP contribution in [-0.4, -0.2) is 22.0 Å². The molecule has 1 unspecified atom stereocenters. The highest BCUT2D eigenvalue weighted by molar-refractivity contribution is 6.01. The Bertz CT molecular complexity index is 1440. The second kappa shape index (κ2) is 9.38. The van der Waals surface area contributed by atoms with E-state index in [1.54, 1.807) is 29.2 Å². The second-order valence-electron chi connectivity index (χ2n) is 8.15. The van der Waals surface area contributed by atoms with Gasteiger partial charge >= 0.3 is 5.97 Å². The molecule has 1 atom stereocenters. The average molecular weight is 484 g/mol. The first-order valence-corrected chi connectivity index (χ1v) is 11.1. The number of carbonyl (C=O) groups excluding carboxylic acids is 1. The minimum absolute atomic E-state index is 0.0186. The third-order valence-corrected chi connectivity index (χ3v) is 5.85.